The van der Waals surface area contributed by atoms with Crippen LogP contribution in [0.15, 0.2) is 10.8 Å². The van der Waals surface area contributed by atoms with E-state index in [0.717, 1.165) is 16.7 Å². The summed E-state index contributed by atoms with van der Waals surface area (Å²) in [6.45, 7) is 0. The molecule has 1 aromatic rings. The van der Waals surface area contributed by atoms with Crippen LogP contribution >= 0.6 is 11.3 Å². The molecule has 0 N–H and O–H groups in total. The normalized spacial score (nSPS) is 11.9. The van der Waals surface area contributed by atoms with Crippen molar-refractivity contribution in [2.24, 2.45) is 0 Å². The third kappa shape index (κ3) is 1.45. The monoisotopic (exact) mass is 151 g/mol. The number of alkyl halides is 3. The van der Waals surface area contributed by atoms with E-state index >= 15 is 0 Å². The molecule has 0 aliphatic carbocycles. The Morgan fingerprint density at radius 3 is 2.33 bits per heavy atom. The third-order valence-corrected chi connectivity index (χ3v) is 1.40. The maximum Gasteiger partial charge on any atom is 0.417 e. The SMILES string of the molecule is FC(F)(F)c1[c]csc1. The molecule has 1 rings (SSSR count). The first-order valence-corrected chi connectivity index (χ1v) is 3.06. The van der Waals surface area contributed by atoms with Crippen molar-refractivity contribution in [1.29, 1.82) is 0 Å². The first kappa shape index (κ1) is 6.61. The fraction of sp³-hybridized carbons (Fsp3) is 0.200. The van der Waals surface area contributed by atoms with Gasteiger partial charge in [-0.2, -0.15) is 24.5 Å². The second-order valence-electron chi connectivity index (χ2n) is 1.43. The summed E-state index contributed by atoms with van der Waals surface area (Å²) in [7, 11) is 0. The highest BCUT2D eigenvalue weighted by molar-refractivity contribution is 7.07. The molecule has 4 heteroatoms. The molecular formula is C5H2F3S. The van der Waals surface area contributed by atoms with Crippen LogP contribution in [0.25, 0.3) is 0 Å². The van der Waals surface area contributed by atoms with Crippen LogP contribution in [-0.2, 0) is 6.18 Å². The van der Waals surface area contributed by atoms with Gasteiger partial charge in [0.15, 0.2) is 0 Å². The fourth-order valence-electron chi connectivity index (χ4n) is 0.382. The number of hydrogen-bond acceptors (Lipinski definition) is 1. The van der Waals surface area contributed by atoms with E-state index in [-0.39, 0.29) is 0 Å². The van der Waals surface area contributed by atoms with Gasteiger partial charge in [0.2, 0.25) is 0 Å². The first-order chi connectivity index (χ1) is 4.11. The minimum atomic E-state index is -4.22. The van der Waals surface area contributed by atoms with Gasteiger partial charge in [-0.05, 0) is 5.38 Å². The highest BCUT2D eigenvalue weighted by Crippen LogP contribution is 2.29. The van der Waals surface area contributed by atoms with Gasteiger partial charge in [0.1, 0.15) is 0 Å². The van der Waals surface area contributed by atoms with Crippen LogP contribution in [0, 0.1) is 6.07 Å². The lowest BCUT2D eigenvalue weighted by Crippen LogP contribution is -2.01. The molecule has 0 amide bonds. The van der Waals surface area contributed by atoms with Crippen molar-refractivity contribution >= 4 is 11.3 Å². The Morgan fingerprint density at radius 1 is 1.44 bits per heavy atom. The van der Waals surface area contributed by atoms with E-state index < -0.39 is 11.7 Å². The van der Waals surface area contributed by atoms with E-state index in [0.29, 0.717) is 0 Å². The third-order valence-electron chi connectivity index (χ3n) is 0.774. The molecule has 49 valence electrons. The average Bonchev–Trinajstić information content (AvgIpc) is 2.08. The van der Waals surface area contributed by atoms with Crippen molar-refractivity contribution in [3.8, 4) is 0 Å². The molecule has 0 atom stereocenters. The molecule has 1 radical (unpaired) electrons. The van der Waals surface area contributed by atoms with Crippen molar-refractivity contribution in [2.45, 2.75) is 6.18 Å². The summed E-state index contributed by atoms with van der Waals surface area (Å²) in [6.07, 6.45) is -4.22. The zero-order chi connectivity index (χ0) is 6.91. The lowest BCUT2D eigenvalue weighted by atomic mass is 10.3. The van der Waals surface area contributed by atoms with Gasteiger partial charge in [0.25, 0.3) is 0 Å². The van der Waals surface area contributed by atoms with Crippen molar-refractivity contribution in [1.82, 2.24) is 0 Å². The van der Waals surface area contributed by atoms with Gasteiger partial charge >= 0.3 is 6.18 Å². The molecular weight excluding hydrogens is 149 g/mol. The molecule has 0 spiro atoms. The summed E-state index contributed by atoms with van der Waals surface area (Å²) in [5.74, 6) is 0. The van der Waals surface area contributed by atoms with Crippen LogP contribution in [0.5, 0.6) is 0 Å². The molecule has 1 heterocycles. The average molecular weight is 151 g/mol. The summed E-state index contributed by atoms with van der Waals surface area (Å²) in [5, 5.41) is 2.31. The first-order valence-electron chi connectivity index (χ1n) is 2.12. The number of thiophene rings is 1. The minimum absolute atomic E-state index is 0.688. The maximum absolute atomic E-state index is 11.6. The summed E-state index contributed by atoms with van der Waals surface area (Å²) in [5.41, 5.74) is -0.688. The van der Waals surface area contributed by atoms with Crippen LogP contribution in [-0.4, -0.2) is 0 Å². The molecule has 0 unspecified atom stereocenters. The Bertz CT molecular complexity index is 175. The van der Waals surface area contributed by atoms with E-state index in [2.05, 4.69) is 6.07 Å². The predicted molar refractivity (Wildman–Crippen MR) is 28.2 cm³/mol. The van der Waals surface area contributed by atoms with E-state index in [1.807, 2.05) is 0 Å². The zero-order valence-corrected chi connectivity index (χ0v) is 5.01. The highest BCUT2D eigenvalue weighted by Gasteiger charge is 2.30. The number of hydrogen-bond donors (Lipinski definition) is 0. The van der Waals surface area contributed by atoms with Gasteiger partial charge < -0.3 is 0 Å². The summed E-state index contributed by atoms with van der Waals surface area (Å²) in [4.78, 5) is 0. The Labute approximate surface area is 53.9 Å². The summed E-state index contributed by atoms with van der Waals surface area (Å²) in [6, 6.07) is 2.07. The standard InChI is InChI=1S/C5H2F3S/c6-5(7,8)4-1-2-9-3-4/h2-3H. The quantitative estimate of drug-likeness (QED) is 0.534. The van der Waals surface area contributed by atoms with E-state index in [4.69, 9.17) is 0 Å². The molecule has 0 aromatic carbocycles. The Balaban J connectivity index is 2.90. The van der Waals surface area contributed by atoms with Gasteiger partial charge in [-0.1, -0.05) is 0 Å². The molecule has 0 aliphatic rings. The summed E-state index contributed by atoms with van der Waals surface area (Å²) >= 11 is 0.991. The van der Waals surface area contributed by atoms with Gasteiger partial charge in [-0.25, -0.2) is 0 Å². The Kier molecular flexibility index (Phi) is 1.48. The molecule has 0 saturated carbocycles. The van der Waals surface area contributed by atoms with Crippen molar-refractivity contribution < 1.29 is 13.2 Å². The zero-order valence-electron chi connectivity index (χ0n) is 4.20. The van der Waals surface area contributed by atoms with Crippen molar-refractivity contribution in [3.05, 3.63) is 22.4 Å². The predicted octanol–water partition coefficient (Wildman–Crippen LogP) is 2.57. The van der Waals surface area contributed by atoms with Gasteiger partial charge in [0.05, 0.1) is 5.56 Å². The van der Waals surface area contributed by atoms with Gasteiger partial charge in [-0.15, -0.1) is 0 Å². The fourth-order valence-corrected chi connectivity index (χ4v) is 0.983. The van der Waals surface area contributed by atoms with E-state index in [1.54, 1.807) is 0 Å². The topological polar surface area (TPSA) is 0 Å². The minimum Gasteiger partial charge on any atom is -0.166 e. The van der Waals surface area contributed by atoms with Gasteiger partial charge in [-0.3, -0.25) is 0 Å². The smallest absolute Gasteiger partial charge is 0.166 e. The lowest BCUT2D eigenvalue weighted by molar-refractivity contribution is -0.137. The van der Waals surface area contributed by atoms with Crippen LogP contribution in [0.3, 0.4) is 0 Å². The molecule has 9 heavy (non-hydrogen) atoms. The molecule has 0 saturated heterocycles. The summed E-state index contributed by atoms with van der Waals surface area (Å²) < 4.78 is 34.8. The van der Waals surface area contributed by atoms with Gasteiger partial charge in [0, 0.05) is 11.4 Å². The van der Waals surface area contributed by atoms with Crippen LogP contribution in [0.1, 0.15) is 5.56 Å². The second-order valence-corrected chi connectivity index (χ2v) is 2.17. The molecule has 0 fully saturated rings. The van der Waals surface area contributed by atoms with Crippen LogP contribution < -0.4 is 0 Å². The molecule has 0 bridgehead atoms. The van der Waals surface area contributed by atoms with Crippen LogP contribution in [0.4, 0.5) is 13.2 Å². The van der Waals surface area contributed by atoms with E-state index in [9.17, 15) is 13.2 Å². The van der Waals surface area contributed by atoms with Crippen LogP contribution in [0.2, 0.25) is 0 Å². The molecule has 1 aromatic heterocycles. The Morgan fingerprint density at radius 2 is 2.11 bits per heavy atom. The highest BCUT2D eigenvalue weighted by atomic mass is 32.1. The molecule has 0 aliphatic heterocycles. The van der Waals surface area contributed by atoms with Crippen molar-refractivity contribution in [2.75, 3.05) is 0 Å². The van der Waals surface area contributed by atoms with Crippen molar-refractivity contribution in [3.63, 3.8) is 0 Å². The second kappa shape index (κ2) is 2.02. The number of halogens is 3. The Hall–Kier alpha value is -0.510. The molecule has 0 nitrogen and oxygen atoms in total. The lowest BCUT2D eigenvalue weighted by Gasteiger charge is -1.99. The largest absolute Gasteiger partial charge is 0.417 e. The van der Waals surface area contributed by atoms with E-state index in [1.165, 1.54) is 5.38 Å². The maximum atomic E-state index is 11.6. The number of rotatable bonds is 0.